The van der Waals surface area contributed by atoms with Gasteiger partial charge in [-0.3, -0.25) is 9.59 Å². The van der Waals surface area contributed by atoms with Crippen LogP contribution >= 0.6 is 0 Å². The lowest BCUT2D eigenvalue weighted by Gasteiger charge is -2.27. The van der Waals surface area contributed by atoms with Crippen LogP contribution in [0.15, 0.2) is 24.3 Å². The van der Waals surface area contributed by atoms with Gasteiger partial charge in [-0.15, -0.1) is 0 Å². The van der Waals surface area contributed by atoms with Crippen LogP contribution in [0.1, 0.15) is 29.6 Å². The lowest BCUT2D eigenvalue weighted by atomic mass is 9.78. The molecule has 6 nitrogen and oxygen atoms in total. The standard InChI is InChI=1S/C17H19NO5/c1-23-17(22)11-4-2-3-5-12(11)18-15(19)13-9-6-7-10(8-9)14(13)16(20)21/h2-5,9-10,13-14H,6-8H2,1H3,(H,18,19)(H,20,21)/t9-,10+,13-,14+/m1/s1. The third-order valence-corrected chi connectivity index (χ3v) is 5.09. The SMILES string of the molecule is COC(=O)c1ccccc1NC(=O)[C@@H]1[C@@H]2CC[C@@H](C2)[C@@H]1C(=O)O. The first kappa shape index (κ1) is 15.5. The Morgan fingerprint density at radius 1 is 1.13 bits per heavy atom. The molecule has 1 aromatic carbocycles. The number of para-hydroxylation sites is 1. The number of carboxylic acid groups (broad SMARTS) is 1. The zero-order valence-corrected chi connectivity index (χ0v) is 12.8. The normalized spacial score (nSPS) is 28.4. The number of benzene rings is 1. The number of hydrogen-bond donors (Lipinski definition) is 2. The molecule has 2 aliphatic rings. The number of rotatable bonds is 4. The van der Waals surface area contributed by atoms with Crippen molar-refractivity contribution in [3.8, 4) is 0 Å². The van der Waals surface area contributed by atoms with Crippen LogP contribution in [0, 0.1) is 23.7 Å². The Morgan fingerprint density at radius 3 is 2.43 bits per heavy atom. The molecule has 3 rings (SSSR count). The molecule has 0 aromatic heterocycles. The number of carboxylic acids is 1. The van der Waals surface area contributed by atoms with Crippen molar-refractivity contribution < 1.29 is 24.2 Å². The topological polar surface area (TPSA) is 92.7 Å². The molecule has 0 heterocycles. The maximum Gasteiger partial charge on any atom is 0.339 e. The third-order valence-electron chi connectivity index (χ3n) is 5.09. The fourth-order valence-corrected chi connectivity index (χ4v) is 4.12. The molecule has 2 aliphatic carbocycles. The van der Waals surface area contributed by atoms with Crippen LogP contribution in [-0.4, -0.2) is 30.1 Å². The van der Waals surface area contributed by atoms with Crippen molar-refractivity contribution in [2.45, 2.75) is 19.3 Å². The van der Waals surface area contributed by atoms with Crippen molar-refractivity contribution in [2.75, 3.05) is 12.4 Å². The van der Waals surface area contributed by atoms with Gasteiger partial charge in [-0.05, 0) is 43.2 Å². The highest BCUT2D eigenvalue weighted by Crippen LogP contribution is 2.52. The second-order valence-corrected chi connectivity index (χ2v) is 6.25. The summed E-state index contributed by atoms with van der Waals surface area (Å²) in [6, 6.07) is 6.57. The smallest absolute Gasteiger partial charge is 0.339 e. The molecule has 2 fully saturated rings. The predicted molar refractivity (Wildman–Crippen MR) is 81.9 cm³/mol. The van der Waals surface area contributed by atoms with Gasteiger partial charge in [0.2, 0.25) is 5.91 Å². The Labute approximate surface area is 133 Å². The van der Waals surface area contributed by atoms with E-state index in [1.165, 1.54) is 7.11 Å². The average molecular weight is 317 g/mol. The van der Waals surface area contributed by atoms with Crippen LogP contribution in [0.5, 0.6) is 0 Å². The minimum atomic E-state index is -0.904. The molecule has 0 spiro atoms. The van der Waals surface area contributed by atoms with Crippen molar-refractivity contribution >= 4 is 23.5 Å². The van der Waals surface area contributed by atoms with Crippen LogP contribution in [0.4, 0.5) is 5.69 Å². The van der Waals surface area contributed by atoms with Gasteiger partial charge in [0.25, 0.3) is 0 Å². The minimum absolute atomic E-state index is 0.0871. The Bertz CT molecular complexity index is 656. The van der Waals surface area contributed by atoms with Crippen molar-refractivity contribution in [3.63, 3.8) is 0 Å². The van der Waals surface area contributed by atoms with Crippen LogP contribution in [-0.2, 0) is 14.3 Å². The van der Waals surface area contributed by atoms with E-state index in [1.54, 1.807) is 24.3 Å². The van der Waals surface area contributed by atoms with E-state index < -0.39 is 23.8 Å². The molecule has 1 aromatic rings. The quantitative estimate of drug-likeness (QED) is 0.830. The van der Waals surface area contributed by atoms with E-state index >= 15 is 0 Å². The Morgan fingerprint density at radius 2 is 1.78 bits per heavy atom. The highest BCUT2D eigenvalue weighted by molar-refractivity contribution is 6.02. The number of carbonyl (C=O) groups is 3. The first-order valence-corrected chi connectivity index (χ1v) is 7.74. The molecule has 2 bridgehead atoms. The molecular weight excluding hydrogens is 298 g/mol. The highest BCUT2D eigenvalue weighted by atomic mass is 16.5. The number of ether oxygens (including phenoxy) is 1. The van der Waals surface area contributed by atoms with Crippen LogP contribution < -0.4 is 5.32 Å². The van der Waals surface area contributed by atoms with E-state index in [9.17, 15) is 19.5 Å². The van der Waals surface area contributed by atoms with Gasteiger partial charge >= 0.3 is 11.9 Å². The summed E-state index contributed by atoms with van der Waals surface area (Å²) in [4.78, 5) is 36.0. The van der Waals surface area contributed by atoms with E-state index in [2.05, 4.69) is 5.32 Å². The maximum atomic E-state index is 12.7. The summed E-state index contributed by atoms with van der Waals surface area (Å²) in [5.74, 6) is -2.71. The lowest BCUT2D eigenvalue weighted by Crippen LogP contribution is -2.38. The first-order chi connectivity index (χ1) is 11.0. The lowest BCUT2D eigenvalue weighted by molar-refractivity contribution is -0.148. The zero-order valence-electron chi connectivity index (χ0n) is 12.8. The molecule has 0 radical (unpaired) electrons. The highest BCUT2D eigenvalue weighted by Gasteiger charge is 2.54. The molecule has 1 amide bonds. The van der Waals surface area contributed by atoms with Gasteiger partial charge < -0.3 is 15.2 Å². The number of methoxy groups -OCH3 is 1. The average Bonchev–Trinajstić information content (AvgIpc) is 3.15. The predicted octanol–water partition coefficient (Wildman–Crippen LogP) is 2.16. The molecule has 0 unspecified atom stereocenters. The van der Waals surface area contributed by atoms with Gasteiger partial charge in [-0.1, -0.05) is 12.1 Å². The number of amides is 1. The van der Waals surface area contributed by atoms with Crippen LogP contribution in [0.25, 0.3) is 0 Å². The Hall–Kier alpha value is -2.37. The van der Waals surface area contributed by atoms with Gasteiger partial charge in [0.15, 0.2) is 0 Å². The largest absolute Gasteiger partial charge is 0.481 e. The van der Waals surface area contributed by atoms with Gasteiger partial charge in [0.05, 0.1) is 30.2 Å². The van der Waals surface area contributed by atoms with E-state index in [0.29, 0.717) is 5.69 Å². The molecule has 2 N–H and O–H groups in total. The number of nitrogens with one attached hydrogen (secondary N) is 1. The number of aliphatic carboxylic acids is 1. The Kier molecular flexibility index (Phi) is 4.07. The molecular formula is C17H19NO5. The fourth-order valence-electron chi connectivity index (χ4n) is 4.12. The molecule has 2 saturated carbocycles. The summed E-state index contributed by atoms with van der Waals surface area (Å²) < 4.78 is 4.71. The maximum absolute atomic E-state index is 12.7. The second-order valence-electron chi connectivity index (χ2n) is 6.25. The molecule has 6 heteroatoms. The molecule has 0 aliphatic heterocycles. The summed E-state index contributed by atoms with van der Waals surface area (Å²) in [6.45, 7) is 0. The zero-order chi connectivity index (χ0) is 16.6. The van der Waals surface area contributed by atoms with Crippen LogP contribution in [0.3, 0.4) is 0 Å². The van der Waals surface area contributed by atoms with E-state index in [-0.39, 0.29) is 23.3 Å². The number of carbonyl (C=O) groups excluding carboxylic acids is 2. The van der Waals surface area contributed by atoms with Gasteiger partial charge in [-0.25, -0.2) is 4.79 Å². The summed E-state index contributed by atoms with van der Waals surface area (Å²) >= 11 is 0. The van der Waals surface area contributed by atoms with Crippen molar-refractivity contribution in [3.05, 3.63) is 29.8 Å². The van der Waals surface area contributed by atoms with E-state index in [1.807, 2.05) is 0 Å². The Balaban J connectivity index is 1.82. The first-order valence-electron chi connectivity index (χ1n) is 7.74. The number of anilines is 1. The van der Waals surface area contributed by atoms with Crippen LogP contribution in [0.2, 0.25) is 0 Å². The van der Waals surface area contributed by atoms with Crippen molar-refractivity contribution in [2.24, 2.45) is 23.7 Å². The number of hydrogen-bond acceptors (Lipinski definition) is 4. The minimum Gasteiger partial charge on any atom is -0.481 e. The molecule has 122 valence electrons. The van der Waals surface area contributed by atoms with E-state index in [4.69, 9.17) is 4.74 Å². The monoisotopic (exact) mass is 317 g/mol. The third kappa shape index (κ3) is 2.69. The summed E-state index contributed by atoms with van der Waals surface area (Å²) in [7, 11) is 1.28. The van der Waals surface area contributed by atoms with Crippen molar-refractivity contribution in [1.29, 1.82) is 0 Å². The number of fused-ring (bicyclic) bond motifs is 2. The molecule has 23 heavy (non-hydrogen) atoms. The van der Waals surface area contributed by atoms with E-state index in [0.717, 1.165) is 19.3 Å². The fraction of sp³-hybridized carbons (Fsp3) is 0.471. The second kappa shape index (κ2) is 6.02. The van der Waals surface area contributed by atoms with Crippen molar-refractivity contribution in [1.82, 2.24) is 0 Å². The number of esters is 1. The summed E-state index contributed by atoms with van der Waals surface area (Å²) in [5, 5.41) is 12.2. The van der Waals surface area contributed by atoms with Gasteiger partial charge in [-0.2, -0.15) is 0 Å². The summed E-state index contributed by atoms with van der Waals surface area (Å²) in [5.41, 5.74) is 0.620. The molecule has 0 saturated heterocycles. The van der Waals surface area contributed by atoms with Gasteiger partial charge in [0.1, 0.15) is 0 Å². The molecule has 4 atom stereocenters. The summed E-state index contributed by atoms with van der Waals surface area (Å²) in [6.07, 6.45) is 2.57. The van der Waals surface area contributed by atoms with Gasteiger partial charge in [0, 0.05) is 0 Å².